The maximum Gasteiger partial charge on any atom is 0.138 e. The molecule has 0 bridgehead atoms. The number of aromatic nitrogens is 4. The highest BCUT2D eigenvalue weighted by atomic mass is 35.5. The van der Waals surface area contributed by atoms with Crippen LogP contribution in [0.2, 0.25) is 10.0 Å². The smallest absolute Gasteiger partial charge is 0.138 e. The Morgan fingerprint density at radius 3 is 2.57 bits per heavy atom. The van der Waals surface area contributed by atoms with Crippen molar-refractivity contribution in [1.29, 1.82) is 0 Å². The third kappa shape index (κ3) is 3.59. The Balaban J connectivity index is 2.07. The van der Waals surface area contributed by atoms with E-state index in [-0.39, 0.29) is 0 Å². The van der Waals surface area contributed by atoms with E-state index in [1.165, 1.54) is 17.3 Å². The van der Waals surface area contributed by atoms with Crippen LogP contribution in [-0.2, 0) is 0 Å². The number of halogens is 2. The maximum absolute atomic E-state index is 10.8. The molecule has 3 rings (SSSR count). The fourth-order valence-corrected chi connectivity index (χ4v) is 2.64. The SMILES string of the molecule is O[C@@H](/C(=C\c1ccncc1)n1cncn1)c1ccc(Cl)cc1Cl. The molecule has 0 aliphatic rings. The minimum atomic E-state index is -0.991. The van der Waals surface area contributed by atoms with Crippen LogP contribution < -0.4 is 0 Å². The fourth-order valence-electron chi connectivity index (χ4n) is 2.12. The molecule has 0 radical (unpaired) electrons. The van der Waals surface area contributed by atoms with Crippen LogP contribution in [-0.4, -0.2) is 24.9 Å². The third-order valence-electron chi connectivity index (χ3n) is 3.24. The van der Waals surface area contributed by atoms with Gasteiger partial charge in [-0.3, -0.25) is 4.98 Å². The van der Waals surface area contributed by atoms with Crippen molar-refractivity contribution in [3.05, 3.63) is 76.6 Å². The number of hydrogen-bond donors (Lipinski definition) is 1. The predicted molar refractivity (Wildman–Crippen MR) is 89.8 cm³/mol. The standard InChI is InChI=1S/C16H12Cl2N4O/c17-12-1-2-13(14(18)8-12)16(23)15(22-10-20-9-21-22)7-11-3-5-19-6-4-11/h1-10,16,23H/b15-7+/t16-/m1/s1. The van der Waals surface area contributed by atoms with E-state index >= 15 is 0 Å². The van der Waals surface area contributed by atoms with Gasteiger partial charge in [-0.05, 0) is 35.9 Å². The van der Waals surface area contributed by atoms with E-state index < -0.39 is 6.10 Å². The van der Waals surface area contributed by atoms with Crippen LogP contribution in [0.15, 0.2) is 55.4 Å². The molecule has 0 aliphatic heterocycles. The van der Waals surface area contributed by atoms with Gasteiger partial charge in [0.15, 0.2) is 0 Å². The zero-order chi connectivity index (χ0) is 16.2. The van der Waals surface area contributed by atoms with Gasteiger partial charge in [-0.2, -0.15) is 5.10 Å². The average Bonchev–Trinajstić information content (AvgIpc) is 3.07. The Bertz CT molecular complexity index is 819. The van der Waals surface area contributed by atoms with Crippen molar-refractivity contribution in [2.45, 2.75) is 6.10 Å². The lowest BCUT2D eigenvalue weighted by Crippen LogP contribution is -2.09. The summed E-state index contributed by atoms with van der Waals surface area (Å²) in [5.74, 6) is 0. The van der Waals surface area contributed by atoms with E-state index in [0.717, 1.165) is 5.56 Å². The number of nitrogens with zero attached hydrogens (tertiary/aromatic N) is 4. The van der Waals surface area contributed by atoms with Gasteiger partial charge in [0.1, 0.15) is 18.8 Å². The van der Waals surface area contributed by atoms with Gasteiger partial charge in [0.2, 0.25) is 0 Å². The summed E-state index contributed by atoms with van der Waals surface area (Å²) in [7, 11) is 0. The van der Waals surface area contributed by atoms with E-state index in [0.29, 0.717) is 21.3 Å². The van der Waals surface area contributed by atoms with Crippen LogP contribution in [0.25, 0.3) is 11.8 Å². The minimum Gasteiger partial charge on any atom is -0.382 e. The van der Waals surface area contributed by atoms with E-state index in [4.69, 9.17) is 23.2 Å². The van der Waals surface area contributed by atoms with Crippen LogP contribution in [0.1, 0.15) is 17.2 Å². The molecule has 7 heteroatoms. The van der Waals surface area contributed by atoms with Crippen LogP contribution in [0, 0.1) is 0 Å². The number of aliphatic hydroxyl groups excluding tert-OH is 1. The van der Waals surface area contributed by atoms with Crippen molar-refractivity contribution in [2.24, 2.45) is 0 Å². The van der Waals surface area contributed by atoms with Gasteiger partial charge < -0.3 is 5.11 Å². The number of benzene rings is 1. The van der Waals surface area contributed by atoms with Gasteiger partial charge in [-0.1, -0.05) is 29.3 Å². The Morgan fingerprint density at radius 1 is 1.13 bits per heavy atom. The van der Waals surface area contributed by atoms with Gasteiger partial charge in [0, 0.05) is 28.0 Å². The molecule has 0 aliphatic carbocycles. The highest BCUT2D eigenvalue weighted by Crippen LogP contribution is 2.33. The molecular formula is C16H12Cl2N4O. The lowest BCUT2D eigenvalue weighted by molar-refractivity contribution is 0.231. The van der Waals surface area contributed by atoms with E-state index in [9.17, 15) is 5.11 Å². The Hall–Kier alpha value is -2.21. The van der Waals surface area contributed by atoms with Crippen molar-refractivity contribution in [3.8, 4) is 0 Å². The first-order valence-electron chi connectivity index (χ1n) is 6.75. The molecular weight excluding hydrogens is 335 g/mol. The summed E-state index contributed by atoms with van der Waals surface area (Å²) < 4.78 is 1.50. The Labute approximate surface area is 142 Å². The van der Waals surface area contributed by atoms with E-state index in [1.807, 2.05) is 12.1 Å². The molecule has 1 atom stereocenters. The molecule has 1 N–H and O–H groups in total. The van der Waals surface area contributed by atoms with Gasteiger partial charge >= 0.3 is 0 Å². The first-order valence-corrected chi connectivity index (χ1v) is 7.50. The van der Waals surface area contributed by atoms with Gasteiger partial charge in [0.05, 0.1) is 5.70 Å². The van der Waals surface area contributed by atoms with E-state index in [1.54, 1.807) is 36.7 Å². The topological polar surface area (TPSA) is 63.8 Å². The summed E-state index contributed by atoms with van der Waals surface area (Å²) in [6, 6.07) is 8.61. The Morgan fingerprint density at radius 2 is 1.91 bits per heavy atom. The molecule has 116 valence electrons. The lowest BCUT2D eigenvalue weighted by atomic mass is 10.0. The molecule has 0 unspecified atom stereocenters. The summed E-state index contributed by atoms with van der Waals surface area (Å²) in [6.45, 7) is 0. The normalized spacial score (nSPS) is 13.1. The van der Waals surface area contributed by atoms with Gasteiger partial charge in [-0.25, -0.2) is 9.67 Å². The van der Waals surface area contributed by atoms with Crippen LogP contribution in [0.4, 0.5) is 0 Å². The summed E-state index contributed by atoms with van der Waals surface area (Å²) in [5, 5.41) is 15.8. The molecule has 0 amide bonds. The second kappa shape index (κ2) is 6.91. The molecule has 2 aromatic heterocycles. The van der Waals surface area contributed by atoms with Crippen LogP contribution in [0.3, 0.4) is 0 Å². The molecule has 3 aromatic rings. The molecule has 1 aromatic carbocycles. The molecule has 0 saturated carbocycles. The zero-order valence-corrected chi connectivity index (χ0v) is 13.4. The number of aliphatic hydroxyl groups is 1. The quantitative estimate of drug-likeness (QED) is 0.781. The molecule has 0 fully saturated rings. The number of rotatable bonds is 4. The summed E-state index contributed by atoms with van der Waals surface area (Å²) >= 11 is 12.1. The van der Waals surface area contributed by atoms with Crippen LogP contribution >= 0.6 is 23.2 Å². The predicted octanol–water partition coefficient (Wildman–Crippen LogP) is 3.71. The highest BCUT2D eigenvalue weighted by Gasteiger charge is 2.19. The van der Waals surface area contributed by atoms with Crippen molar-refractivity contribution in [2.75, 3.05) is 0 Å². The minimum absolute atomic E-state index is 0.380. The van der Waals surface area contributed by atoms with Gasteiger partial charge in [0.25, 0.3) is 0 Å². The molecule has 23 heavy (non-hydrogen) atoms. The van der Waals surface area contributed by atoms with Crippen molar-refractivity contribution >= 4 is 35.0 Å². The lowest BCUT2D eigenvalue weighted by Gasteiger charge is -2.17. The second-order valence-electron chi connectivity index (χ2n) is 4.76. The summed E-state index contributed by atoms with van der Waals surface area (Å²) in [5.41, 5.74) is 1.92. The molecule has 5 nitrogen and oxygen atoms in total. The molecule has 0 spiro atoms. The monoisotopic (exact) mass is 346 g/mol. The maximum atomic E-state index is 10.8. The number of pyridine rings is 1. The Kier molecular flexibility index (Phi) is 4.71. The van der Waals surface area contributed by atoms with Crippen molar-refractivity contribution < 1.29 is 5.11 Å². The van der Waals surface area contributed by atoms with Gasteiger partial charge in [-0.15, -0.1) is 0 Å². The first kappa shape index (κ1) is 15.7. The molecule has 2 heterocycles. The van der Waals surface area contributed by atoms with Crippen LogP contribution in [0.5, 0.6) is 0 Å². The summed E-state index contributed by atoms with van der Waals surface area (Å²) in [6.07, 6.45) is 7.07. The second-order valence-corrected chi connectivity index (χ2v) is 5.60. The molecule has 0 saturated heterocycles. The van der Waals surface area contributed by atoms with E-state index in [2.05, 4.69) is 15.1 Å². The summed E-state index contributed by atoms with van der Waals surface area (Å²) in [4.78, 5) is 7.91. The van der Waals surface area contributed by atoms with Crippen molar-refractivity contribution in [3.63, 3.8) is 0 Å². The highest BCUT2D eigenvalue weighted by molar-refractivity contribution is 6.35. The largest absolute Gasteiger partial charge is 0.382 e. The zero-order valence-electron chi connectivity index (χ0n) is 11.8. The first-order chi connectivity index (χ1) is 11.1. The third-order valence-corrected chi connectivity index (χ3v) is 3.80. The fraction of sp³-hybridized carbons (Fsp3) is 0.0625. The average molecular weight is 347 g/mol. The number of hydrogen-bond acceptors (Lipinski definition) is 4. The van der Waals surface area contributed by atoms with Crippen molar-refractivity contribution in [1.82, 2.24) is 19.7 Å².